The lowest BCUT2D eigenvalue weighted by atomic mass is 10.2. The number of nitrogens with zero attached hydrogens (tertiary/aromatic N) is 1. The van der Waals surface area contributed by atoms with Crippen LogP contribution in [0.25, 0.3) is 0 Å². The standard InChI is InChI=1S/C15H23N3O5S/c1-22-10-12-5-4-8-18(12)15(19)16-11-6-7-14(23-2)13(9-11)17-24(3,20)21/h6-7,9,12,17H,4-5,8,10H2,1-3H3,(H,16,19). The molecule has 1 aliphatic heterocycles. The number of anilines is 2. The van der Waals surface area contributed by atoms with Gasteiger partial charge in [-0.3, -0.25) is 4.72 Å². The number of carbonyl (C=O) groups excluding carboxylic acids is 1. The smallest absolute Gasteiger partial charge is 0.322 e. The maximum absolute atomic E-state index is 12.4. The van der Waals surface area contributed by atoms with Crippen LogP contribution < -0.4 is 14.8 Å². The first-order valence-electron chi connectivity index (χ1n) is 7.56. The third-order valence-corrected chi connectivity index (χ3v) is 4.33. The number of methoxy groups -OCH3 is 2. The van der Waals surface area contributed by atoms with Crippen molar-refractivity contribution in [3.8, 4) is 5.75 Å². The van der Waals surface area contributed by atoms with Crippen molar-refractivity contribution >= 4 is 27.4 Å². The van der Waals surface area contributed by atoms with E-state index in [0.29, 0.717) is 24.6 Å². The molecule has 1 aromatic rings. The summed E-state index contributed by atoms with van der Waals surface area (Å²) in [5.74, 6) is 0.372. The van der Waals surface area contributed by atoms with E-state index in [1.165, 1.54) is 13.2 Å². The summed E-state index contributed by atoms with van der Waals surface area (Å²) in [5.41, 5.74) is 0.752. The molecule has 9 heteroatoms. The lowest BCUT2D eigenvalue weighted by molar-refractivity contribution is 0.128. The summed E-state index contributed by atoms with van der Waals surface area (Å²) in [6, 6.07) is 4.61. The van der Waals surface area contributed by atoms with Gasteiger partial charge in [-0.15, -0.1) is 0 Å². The summed E-state index contributed by atoms with van der Waals surface area (Å²) in [6.07, 6.45) is 2.90. The molecule has 24 heavy (non-hydrogen) atoms. The molecule has 8 nitrogen and oxygen atoms in total. The van der Waals surface area contributed by atoms with E-state index in [4.69, 9.17) is 9.47 Å². The second-order valence-corrected chi connectivity index (χ2v) is 7.41. The fraction of sp³-hybridized carbons (Fsp3) is 0.533. The zero-order valence-corrected chi connectivity index (χ0v) is 14.9. The van der Waals surface area contributed by atoms with Crippen LogP contribution in [-0.4, -0.2) is 59.0 Å². The Balaban J connectivity index is 2.14. The average Bonchev–Trinajstić information content (AvgIpc) is 2.95. The van der Waals surface area contributed by atoms with E-state index in [-0.39, 0.29) is 17.8 Å². The second kappa shape index (κ2) is 7.71. The van der Waals surface area contributed by atoms with Crippen LogP contribution in [0.4, 0.5) is 16.2 Å². The van der Waals surface area contributed by atoms with Crippen LogP contribution in [0.2, 0.25) is 0 Å². The minimum atomic E-state index is -3.46. The van der Waals surface area contributed by atoms with Gasteiger partial charge in [-0.25, -0.2) is 13.2 Å². The molecular weight excluding hydrogens is 334 g/mol. The number of sulfonamides is 1. The van der Waals surface area contributed by atoms with E-state index in [1.807, 2.05) is 0 Å². The normalized spacial score (nSPS) is 17.6. The number of likely N-dealkylation sites (tertiary alicyclic amines) is 1. The van der Waals surface area contributed by atoms with Gasteiger partial charge in [0.15, 0.2) is 0 Å². The van der Waals surface area contributed by atoms with Crippen LogP contribution >= 0.6 is 0 Å². The average molecular weight is 357 g/mol. The highest BCUT2D eigenvalue weighted by Gasteiger charge is 2.28. The van der Waals surface area contributed by atoms with Gasteiger partial charge >= 0.3 is 6.03 Å². The molecule has 0 bridgehead atoms. The Bertz CT molecular complexity index is 692. The molecule has 1 atom stereocenters. The molecule has 2 rings (SSSR count). The molecule has 1 fully saturated rings. The molecular formula is C15H23N3O5S. The van der Waals surface area contributed by atoms with Crippen LogP contribution in [0.3, 0.4) is 0 Å². The Hall–Kier alpha value is -2.00. The Morgan fingerprint density at radius 1 is 1.38 bits per heavy atom. The topological polar surface area (TPSA) is 97.0 Å². The van der Waals surface area contributed by atoms with E-state index < -0.39 is 10.0 Å². The number of hydrogen-bond acceptors (Lipinski definition) is 5. The van der Waals surface area contributed by atoms with Crippen LogP contribution in [0, 0.1) is 0 Å². The molecule has 2 N–H and O–H groups in total. The van der Waals surface area contributed by atoms with Crippen molar-refractivity contribution < 1.29 is 22.7 Å². The lowest BCUT2D eigenvalue weighted by Crippen LogP contribution is -2.40. The van der Waals surface area contributed by atoms with Crippen LogP contribution in [0.5, 0.6) is 5.75 Å². The van der Waals surface area contributed by atoms with E-state index in [0.717, 1.165) is 19.1 Å². The molecule has 1 unspecified atom stereocenters. The molecule has 0 aliphatic carbocycles. The summed E-state index contributed by atoms with van der Waals surface area (Å²) >= 11 is 0. The largest absolute Gasteiger partial charge is 0.495 e. The van der Waals surface area contributed by atoms with Crippen molar-refractivity contribution in [2.75, 3.05) is 43.7 Å². The predicted molar refractivity (Wildman–Crippen MR) is 92.1 cm³/mol. The van der Waals surface area contributed by atoms with E-state index in [2.05, 4.69) is 10.0 Å². The van der Waals surface area contributed by atoms with Crippen molar-refractivity contribution in [3.63, 3.8) is 0 Å². The molecule has 2 amide bonds. The van der Waals surface area contributed by atoms with Crippen molar-refractivity contribution in [3.05, 3.63) is 18.2 Å². The van der Waals surface area contributed by atoms with Crippen LogP contribution in [-0.2, 0) is 14.8 Å². The summed E-state index contributed by atoms with van der Waals surface area (Å²) in [4.78, 5) is 14.2. The van der Waals surface area contributed by atoms with Crippen LogP contribution in [0.15, 0.2) is 18.2 Å². The summed E-state index contributed by atoms with van der Waals surface area (Å²) < 4.78 is 35.6. The molecule has 0 radical (unpaired) electrons. The quantitative estimate of drug-likeness (QED) is 0.808. The number of benzene rings is 1. The van der Waals surface area contributed by atoms with Crippen molar-refractivity contribution in [2.24, 2.45) is 0 Å². The highest BCUT2D eigenvalue weighted by molar-refractivity contribution is 7.92. The maximum Gasteiger partial charge on any atom is 0.322 e. The fourth-order valence-electron chi connectivity index (χ4n) is 2.73. The van der Waals surface area contributed by atoms with Gasteiger partial charge in [0.2, 0.25) is 10.0 Å². The minimum absolute atomic E-state index is 0.0573. The molecule has 0 saturated carbocycles. The summed E-state index contributed by atoms with van der Waals surface area (Å²) in [5, 5.41) is 2.79. The zero-order chi connectivity index (χ0) is 17.7. The number of nitrogens with one attached hydrogen (secondary N) is 2. The van der Waals surface area contributed by atoms with Crippen molar-refractivity contribution in [2.45, 2.75) is 18.9 Å². The van der Waals surface area contributed by atoms with Gasteiger partial charge in [-0.1, -0.05) is 0 Å². The zero-order valence-electron chi connectivity index (χ0n) is 14.0. The van der Waals surface area contributed by atoms with Gasteiger partial charge in [0.1, 0.15) is 5.75 Å². The molecule has 1 aromatic carbocycles. The molecule has 0 spiro atoms. The van der Waals surface area contributed by atoms with Crippen LogP contribution in [0.1, 0.15) is 12.8 Å². The van der Waals surface area contributed by atoms with Gasteiger partial charge in [0, 0.05) is 19.3 Å². The third kappa shape index (κ3) is 4.75. The number of rotatable bonds is 6. The Kier molecular flexibility index (Phi) is 5.89. The molecule has 134 valence electrons. The van der Waals surface area contributed by atoms with Crippen molar-refractivity contribution in [1.29, 1.82) is 0 Å². The maximum atomic E-state index is 12.4. The SMILES string of the molecule is COCC1CCCN1C(=O)Nc1ccc(OC)c(NS(C)(=O)=O)c1. The van der Waals surface area contributed by atoms with Gasteiger partial charge in [0.05, 0.1) is 31.7 Å². The number of hydrogen-bond donors (Lipinski definition) is 2. The highest BCUT2D eigenvalue weighted by atomic mass is 32.2. The van der Waals surface area contributed by atoms with Gasteiger partial charge in [-0.05, 0) is 31.0 Å². The van der Waals surface area contributed by atoms with Gasteiger partial charge in [-0.2, -0.15) is 0 Å². The summed E-state index contributed by atoms with van der Waals surface area (Å²) in [6.45, 7) is 1.17. The lowest BCUT2D eigenvalue weighted by Gasteiger charge is -2.24. The first kappa shape index (κ1) is 18.3. The minimum Gasteiger partial charge on any atom is -0.495 e. The Labute approximate surface area is 142 Å². The third-order valence-electron chi connectivity index (χ3n) is 3.74. The second-order valence-electron chi connectivity index (χ2n) is 5.66. The first-order chi connectivity index (χ1) is 11.3. The summed E-state index contributed by atoms with van der Waals surface area (Å²) in [7, 11) is -0.399. The molecule has 0 aromatic heterocycles. The number of carbonyl (C=O) groups is 1. The number of urea groups is 1. The van der Waals surface area contributed by atoms with Crippen molar-refractivity contribution in [1.82, 2.24) is 4.90 Å². The number of amides is 2. The van der Waals surface area contributed by atoms with E-state index in [1.54, 1.807) is 24.1 Å². The van der Waals surface area contributed by atoms with Gasteiger partial charge < -0.3 is 19.7 Å². The monoisotopic (exact) mass is 357 g/mol. The number of ether oxygens (including phenoxy) is 2. The highest BCUT2D eigenvalue weighted by Crippen LogP contribution is 2.29. The van der Waals surface area contributed by atoms with E-state index in [9.17, 15) is 13.2 Å². The predicted octanol–water partition coefficient (Wildman–Crippen LogP) is 1.71. The van der Waals surface area contributed by atoms with Gasteiger partial charge in [0.25, 0.3) is 0 Å². The van der Waals surface area contributed by atoms with E-state index >= 15 is 0 Å². The Morgan fingerprint density at radius 3 is 2.75 bits per heavy atom. The fourth-order valence-corrected chi connectivity index (χ4v) is 3.29. The molecule has 1 aliphatic rings. The molecule has 1 heterocycles. The molecule has 1 saturated heterocycles. The Morgan fingerprint density at radius 2 is 2.12 bits per heavy atom. The first-order valence-corrected chi connectivity index (χ1v) is 9.45.